The quantitative estimate of drug-likeness (QED) is 0.656. The van der Waals surface area contributed by atoms with Crippen molar-refractivity contribution in [3.8, 4) is 0 Å². The van der Waals surface area contributed by atoms with Crippen LogP contribution in [0.4, 0.5) is 8.78 Å². The highest BCUT2D eigenvalue weighted by Crippen LogP contribution is 2.24. The molecule has 1 aromatic carbocycles. The Morgan fingerprint density at radius 1 is 1.05 bits per heavy atom. The molecular formula is C13H14F2N4. The molecule has 100 valence electrons. The lowest BCUT2D eigenvalue weighted by Gasteiger charge is -2.18. The third-order valence-corrected chi connectivity index (χ3v) is 2.84. The van der Waals surface area contributed by atoms with E-state index in [-0.39, 0.29) is 0 Å². The topological polar surface area (TPSA) is 63.8 Å². The molecule has 0 saturated heterocycles. The van der Waals surface area contributed by atoms with Gasteiger partial charge in [0.25, 0.3) is 0 Å². The minimum atomic E-state index is -0.647. The van der Waals surface area contributed by atoms with Crippen molar-refractivity contribution in [3.63, 3.8) is 0 Å². The fourth-order valence-electron chi connectivity index (χ4n) is 1.97. The average Bonchev–Trinajstić information content (AvgIpc) is 2.33. The van der Waals surface area contributed by atoms with E-state index in [2.05, 4.69) is 15.6 Å². The maximum atomic E-state index is 13.3. The zero-order valence-electron chi connectivity index (χ0n) is 10.6. The Kier molecular flexibility index (Phi) is 3.82. The van der Waals surface area contributed by atoms with Crippen molar-refractivity contribution in [3.05, 3.63) is 58.4 Å². The first-order chi connectivity index (χ1) is 9.01. The molecule has 0 spiro atoms. The summed E-state index contributed by atoms with van der Waals surface area (Å²) in [6.07, 6.45) is 0. The van der Waals surface area contributed by atoms with Crippen LogP contribution in [-0.2, 0) is 0 Å². The van der Waals surface area contributed by atoms with Crippen molar-refractivity contribution in [1.29, 1.82) is 0 Å². The second-order valence-corrected chi connectivity index (χ2v) is 4.33. The average molecular weight is 264 g/mol. The summed E-state index contributed by atoms with van der Waals surface area (Å²) in [6.45, 7) is 3.55. The molecule has 0 saturated carbocycles. The number of hydrogen-bond acceptors (Lipinski definition) is 4. The van der Waals surface area contributed by atoms with Crippen molar-refractivity contribution in [1.82, 2.24) is 15.6 Å². The van der Waals surface area contributed by atoms with Crippen LogP contribution in [-0.4, -0.2) is 10.2 Å². The number of aryl methyl sites for hydroxylation is 2. The Morgan fingerprint density at radius 3 is 2.26 bits per heavy atom. The van der Waals surface area contributed by atoms with Gasteiger partial charge in [0.1, 0.15) is 11.6 Å². The summed E-state index contributed by atoms with van der Waals surface area (Å²) in [5, 5.41) is 7.90. The summed E-state index contributed by atoms with van der Waals surface area (Å²) in [7, 11) is 0. The summed E-state index contributed by atoms with van der Waals surface area (Å²) in [5.41, 5.74) is 5.05. The number of rotatable bonds is 3. The number of hydrogen-bond donors (Lipinski definition) is 2. The Morgan fingerprint density at radius 2 is 1.68 bits per heavy atom. The number of nitrogens with two attached hydrogens (primary N) is 1. The largest absolute Gasteiger partial charge is 0.271 e. The number of nitrogens with one attached hydrogen (secondary N) is 1. The van der Waals surface area contributed by atoms with Gasteiger partial charge in [0.2, 0.25) is 0 Å². The molecule has 0 fully saturated rings. The van der Waals surface area contributed by atoms with Gasteiger partial charge < -0.3 is 0 Å². The number of hydrazine groups is 1. The molecule has 0 bridgehead atoms. The smallest absolute Gasteiger partial charge is 0.126 e. The fourth-order valence-corrected chi connectivity index (χ4v) is 1.97. The lowest BCUT2D eigenvalue weighted by molar-refractivity contribution is 0.564. The molecule has 2 rings (SSSR count). The molecule has 0 amide bonds. The highest BCUT2D eigenvalue weighted by Gasteiger charge is 2.17. The van der Waals surface area contributed by atoms with Gasteiger partial charge in [-0.25, -0.2) is 14.2 Å². The van der Waals surface area contributed by atoms with E-state index in [0.29, 0.717) is 17.0 Å². The minimum Gasteiger partial charge on any atom is -0.271 e. The van der Waals surface area contributed by atoms with E-state index >= 15 is 0 Å². The molecule has 0 radical (unpaired) electrons. The van der Waals surface area contributed by atoms with Crippen LogP contribution in [0.1, 0.15) is 28.6 Å². The monoisotopic (exact) mass is 264 g/mol. The lowest BCUT2D eigenvalue weighted by atomic mass is 9.98. The highest BCUT2D eigenvalue weighted by molar-refractivity contribution is 5.34. The summed E-state index contributed by atoms with van der Waals surface area (Å²) in [5.74, 6) is 4.22. The first-order valence-electron chi connectivity index (χ1n) is 5.74. The molecule has 1 atom stereocenters. The summed E-state index contributed by atoms with van der Waals surface area (Å²) >= 11 is 0. The lowest BCUT2D eigenvalue weighted by Crippen LogP contribution is -2.30. The van der Waals surface area contributed by atoms with Crippen LogP contribution in [0.15, 0.2) is 24.3 Å². The Hall–Kier alpha value is -1.92. The summed E-state index contributed by atoms with van der Waals surface area (Å²) in [4.78, 5) is 0. The molecule has 1 heterocycles. The van der Waals surface area contributed by atoms with Crippen molar-refractivity contribution in [2.45, 2.75) is 19.9 Å². The van der Waals surface area contributed by atoms with Crippen molar-refractivity contribution >= 4 is 0 Å². The second kappa shape index (κ2) is 5.38. The van der Waals surface area contributed by atoms with E-state index < -0.39 is 17.7 Å². The van der Waals surface area contributed by atoms with Gasteiger partial charge in [-0.15, -0.1) is 0 Å². The Labute approximate surface area is 109 Å². The van der Waals surface area contributed by atoms with E-state index in [0.717, 1.165) is 11.6 Å². The van der Waals surface area contributed by atoms with Gasteiger partial charge in [-0.05, 0) is 43.2 Å². The highest BCUT2D eigenvalue weighted by atomic mass is 19.1. The van der Waals surface area contributed by atoms with Crippen LogP contribution in [0.3, 0.4) is 0 Å². The van der Waals surface area contributed by atoms with Crippen molar-refractivity contribution in [2.75, 3.05) is 0 Å². The molecule has 0 aliphatic heterocycles. The molecule has 0 aliphatic carbocycles. The van der Waals surface area contributed by atoms with Gasteiger partial charge in [0.05, 0.1) is 17.4 Å². The Bertz CT molecular complexity index is 581. The maximum Gasteiger partial charge on any atom is 0.126 e. The molecular weight excluding hydrogens is 250 g/mol. The van der Waals surface area contributed by atoms with Crippen LogP contribution in [0, 0.1) is 25.5 Å². The van der Waals surface area contributed by atoms with Crippen LogP contribution in [0.5, 0.6) is 0 Å². The second-order valence-electron chi connectivity index (χ2n) is 4.33. The summed E-state index contributed by atoms with van der Waals surface area (Å²) in [6, 6.07) is 4.54. The molecule has 0 aliphatic rings. The van der Waals surface area contributed by atoms with E-state index in [4.69, 9.17) is 5.84 Å². The molecule has 2 aromatic rings. The normalized spacial score (nSPS) is 12.5. The zero-order valence-corrected chi connectivity index (χ0v) is 10.6. The van der Waals surface area contributed by atoms with Gasteiger partial charge in [-0.1, -0.05) is 0 Å². The van der Waals surface area contributed by atoms with Crippen LogP contribution < -0.4 is 11.3 Å². The fraction of sp³-hybridized carbons (Fsp3) is 0.231. The first kappa shape index (κ1) is 13.5. The standard InChI is InChI=1S/C13H14F2N4/c1-7-3-12(8(2)19-18-7)13(17-16)9-4-10(14)6-11(15)5-9/h3-6,13,17H,16H2,1-2H3. The zero-order chi connectivity index (χ0) is 14.0. The third-order valence-electron chi connectivity index (χ3n) is 2.84. The first-order valence-corrected chi connectivity index (χ1v) is 5.74. The van der Waals surface area contributed by atoms with Crippen molar-refractivity contribution in [2.24, 2.45) is 5.84 Å². The Balaban J connectivity index is 2.52. The molecule has 1 aromatic heterocycles. The summed E-state index contributed by atoms with van der Waals surface area (Å²) < 4.78 is 26.6. The molecule has 6 heteroatoms. The number of nitrogens with zero attached hydrogens (tertiary/aromatic N) is 2. The maximum absolute atomic E-state index is 13.3. The molecule has 1 unspecified atom stereocenters. The van der Waals surface area contributed by atoms with Gasteiger partial charge in [0.15, 0.2) is 0 Å². The predicted molar refractivity (Wildman–Crippen MR) is 67.0 cm³/mol. The minimum absolute atomic E-state index is 0.399. The van der Waals surface area contributed by atoms with Gasteiger partial charge >= 0.3 is 0 Å². The molecule has 19 heavy (non-hydrogen) atoms. The van der Waals surface area contributed by atoms with Crippen LogP contribution in [0.25, 0.3) is 0 Å². The van der Waals surface area contributed by atoms with Gasteiger partial charge in [0, 0.05) is 6.07 Å². The van der Waals surface area contributed by atoms with E-state index in [1.165, 1.54) is 12.1 Å². The SMILES string of the molecule is Cc1cc(C(NN)c2cc(F)cc(F)c2)c(C)nn1. The number of benzene rings is 1. The van der Waals surface area contributed by atoms with Crippen LogP contribution >= 0.6 is 0 Å². The van der Waals surface area contributed by atoms with E-state index in [1.54, 1.807) is 19.9 Å². The van der Waals surface area contributed by atoms with Gasteiger partial charge in [-0.3, -0.25) is 5.84 Å². The number of aromatic nitrogens is 2. The van der Waals surface area contributed by atoms with Crippen LogP contribution in [0.2, 0.25) is 0 Å². The molecule has 3 N–H and O–H groups in total. The van der Waals surface area contributed by atoms with E-state index in [9.17, 15) is 8.78 Å². The third kappa shape index (κ3) is 2.91. The van der Waals surface area contributed by atoms with E-state index in [1.807, 2.05) is 0 Å². The van der Waals surface area contributed by atoms with Crippen molar-refractivity contribution < 1.29 is 8.78 Å². The number of halogens is 2. The van der Waals surface area contributed by atoms with Gasteiger partial charge in [-0.2, -0.15) is 10.2 Å². The predicted octanol–water partition coefficient (Wildman–Crippen LogP) is 1.92. The molecule has 4 nitrogen and oxygen atoms in total.